The van der Waals surface area contributed by atoms with Crippen LogP contribution in [0.1, 0.15) is 26.3 Å². The molecular weight excluding hydrogens is 386 g/mol. The van der Waals surface area contributed by atoms with Crippen LogP contribution in [0, 0.1) is 5.41 Å². The predicted molar refractivity (Wildman–Crippen MR) is 110 cm³/mol. The highest BCUT2D eigenvalue weighted by Gasteiger charge is 2.34. The average molecular weight is 413 g/mol. The van der Waals surface area contributed by atoms with Gasteiger partial charge in [0.2, 0.25) is 0 Å². The molecular formula is C23H27NO6. The molecule has 7 heteroatoms. The van der Waals surface area contributed by atoms with E-state index in [4.69, 9.17) is 9.47 Å². The average Bonchev–Trinajstić information content (AvgIpc) is 2.82. The van der Waals surface area contributed by atoms with Crippen molar-refractivity contribution in [2.24, 2.45) is 5.41 Å². The third-order valence-corrected chi connectivity index (χ3v) is 5.27. The quantitative estimate of drug-likeness (QED) is 0.474. The van der Waals surface area contributed by atoms with Crippen molar-refractivity contribution in [1.29, 1.82) is 0 Å². The summed E-state index contributed by atoms with van der Waals surface area (Å²) in [6.07, 6.45) is 0. The topological polar surface area (TPSA) is 96.3 Å². The summed E-state index contributed by atoms with van der Waals surface area (Å²) in [5.74, 6) is -0.935. The van der Waals surface area contributed by atoms with E-state index >= 15 is 0 Å². The second-order valence-electron chi connectivity index (χ2n) is 7.52. The largest absolute Gasteiger partial charge is 0.461 e. The fourth-order valence-corrected chi connectivity index (χ4v) is 3.42. The van der Waals surface area contributed by atoms with Crippen LogP contribution in [0.25, 0.3) is 0 Å². The molecule has 30 heavy (non-hydrogen) atoms. The molecule has 0 atom stereocenters. The number of carbonyl (C=O) groups is 2. The van der Waals surface area contributed by atoms with Crippen molar-refractivity contribution in [2.45, 2.75) is 0 Å². The van der Waals surface area contributed by atoms with E-state index in [1.54, 1.807) is 48.5 Å². The minimum Gasteiger partial charge on any atom is -0.461 e. The first-order chi connectivity index (χ1) is 14.6. The van der Waals surface area contributed by atoms with Crippen molar-refractivity contribution < 1.29 is 29.3 Å². The summed E-state index contributed by atoms with van der Waals surface area (Å²) < 4.78 is 10.8. The molecule has 7 nitrogen and oxygen atoms in total. The summed E-state index contributed by atoms with van der Waals surface area (Å²) in [5, 5.41) is 19.8. The maximum Gasteiger partial charge on any atom is 0.338 e. The lowest BCUT2D eigenvalue weighted by atomic mass is 9.90. The molecule has 1 aliphatic rings. The maximum atomic E-state index is 12.8. The number of carbonyl (C=O) groups excluding carboxylic acids is 2. The molecule has 0 aromatic heterocycles. The third kappa shape index (κ3) is 5.31. The van der Waals surface area contributed by atoms with Crippen LogP contribution in [0.2, 0.25) is 0 Å². The summed E-state index contributed by atoms with van der Waals surface area (Å²) >= 11 is 0. The van der Waals surface area contributed by atoms with Crippen molar-refractivity contribution in [3.05, 3.63) is 71.3 Å². The van der Waals surface area contributed by atoms with Gasteiger partial charge < -0.3 is 19.7 Å². The number of aliphatic hydroxyl groups is 2. The van der Waals surface area contributed by atoms with Crippen molar-refractivity contribution in [1.82, 2.24) is 4.90 Å². The van der Waals surface area contributed by atoms with Crippen LogP contribution in [0.5, 0.6) is 0 Å². The molecule has 2 aromatic carbocycles. The van der Waals surface area contributed by atoms with Crippen LogP contribution >= 0.6 is 0 Å². The minimum absolute atomic E-state index is 0.155. The number of aliphatic hydroxyl groups excluding tert-OH is 2. The van der Waals surface area contributed by atoms with E-state index in [-0.39, 0.29) is 36.7 Å². The van der Waals surface area contributed by atoms with E-state index in [1.165, 1.54) is 0 Å². The Labute approximate surface area is 175 Å². The van der Waals surface area contributed by atoms with Gasteiger partial charge in [0.05, 0.1) is 37.4 Å². The zero-order chi connectivity index (χ0) is 21.4. The summed E-state index contributed by atoms with van der Waals surface area (Å²) in [7, 11) is 0. The molecule has 0 aliphatic carbocycles. The Balaban J connectivity index is 1.73. The molecule has 1 heterocycles. The Morgan fingerprint density at radius 2 is 1.53 bits per heavy atom. The Bertz CT molecular complexity index is 844. The first kappa shape index (κ1) is 22.1. The van der Waals surface area contributed by atoms with E-state index in [0.29, 0.717) is 38.4 Å². The molecule has 0 unspecified atom stereocenters. The molecule has 0 saturated carbocycles. The van der Waals surface area contributed by atoms with Gasteiger partial charge in [0, 0.05) is 30.8 Å². The zero-order valence-corrected chi connectivity index (χ0v) is 16.8. The van der Waals surface area contributed by atoms with Crippen molar-refractivity contribution >= 4 is 11.8 Å². The number of hydrogen-bond donors (Lipinski definition) is 2. The van der Waals surface area contributed by atoms with Crippen LogP contribution in [-0.2, 0) is 9.47 Å². The minimum atomic E-state index is -0.995. The SMILES string of the molecule is O=C(OCC(CO)(CO)CN1CCOCC1)c1ccccc1C(=O)c1ccccc1. The van der Waals surface area contributed by atoms with Gasteiger partial charge in [-0.1, -0.05) is 48.5 Å². The van der Waals surface area contributed by atoms with Crippen molar-refractivity contribution in [3.63, 3.8) is 0 Å². The summed E-state index contributed by atoms with van der Waals surface area (Å²) in [4.78, 5) is 27.7. The first-order valence-corrected chi connectivity index (χ1v) is 9.96. The van der Waals surface area contributed by atoms with Gasteiger partial charge in [0.1, 0.15) is 6.61 Å². The van der Waals surface area contributed by atoms with Gasteiger partial charge >= 0.3 is 5.97 Å². The highest BCUT2D eigenvalue weighted by atomic mass is 16.5. The second-order valence-corrected chi connectivity index (χ2v) is 7.52. The number of ketones is 1. The van der Waals surface area contributed by atoms with Crippen LogP contribution in [0.3, 0.4) is 0 Å². The monoisotopic (exact) mass is 413 g/mol. The molecule has 3 rings (SSSR count). The number of esters is 1. The Hall–Kier alpha value is -2.58. The molecule has 2 N–H and O–H groups in total. The second kappa shape index (κ2) is 10.4. The van der Waals surface area contributed by atoms with Gasteiger partial charge in [-0.25, -0.2) is 4.79 Å². The van der Waals surface area contributed by atoms with E-state index in [1.807, 2.05) is 6.07 Å². The van der Waals surface area contributed by atoms with Crippen LogP contribution in [-0.4, -0.2) is 79.5 Å². The summed E-state index contributed by atoms with van der Waals surface area (Å²) in [6.45, 7) is 2.08. The molecule has 1 fully saturated rings. The van der Waals surface area contributed by atoms with Crippen LogP contribution < -0.4 is 0 Å². The van der Waals surface area contributed by atoms with Gasteiger partial charge in [-0.3, -0.25) is 9.69 Å². The standard InChI is InChI=1S/C23H27NO6/c25-15-23(16-26,14-24-10-12-29-13-11-24)17-30-22(28)20-9-5-4-8-19(20)21(27)18-6-2-1-3-7-18/h1-9,25-26H,10-17H2. The van der Waals surface area contributed by atoms with E-state index in [2.05, 4.69) is 4.90 Å². The predicted octanol–water partition coefficient (Wildman–Crippen LogP) is 1.38. The summed E-state index contributed by atoms with van der Waals surface area (Å²) in [6, 6.07) is 15.2. The lowest BCUT2D eigenvalue weighted by Crippen LogP contribution is -2.49. The zero-order valence-electron chi connectivity index (χ0n) is 16.8. The number of ether oxygens (including phenoxy) is 2. The lowest BCUT2D eigenvalue weighted by Gasteiger charge is -2.36. The van der Waals surface area contributed by atoms with Gasteiger partial charge in [0.15, 0.2) is 5.78 Å². The van der Waals surface area contributed by atoms with Crippen molar-refractivity contribution in [3.8, 4) is 0 Å². The highest BCUT2D eigenvalue weighted by Crippen LogP contribution is 2.22. The van der Waals surface area contributed by atoms with Gasteiger partial charge in [-0.05, 0) is 6.07 Å². The third-order valence-electron chi connectivity index (χ3n) is 5.27. The molecule has 0 spiro atoms. The number of benzene rings is 2. The molecule has 160 valence electrons. The number of rotatable bonds is 9. The maximum absolute atomic E-state index is 12.8. The Morgan fingerprint density at radius 1 is 0.933 bits per heavy atom. The molecule has 0 bridgehead atoms. The number of morpholine rings is 1. The van der Waals surface area contributed by atoms with Crippen molar-refractivity contribution in [2.75, 3.05) is 52.7 Å². The molecule has 0 amide bonds. The molecule has 2 aromatic rings. The van der Waals surface area contributed by atoms with E-state index in [9.17, 15) is 19.8 Å². The normalized spacial score (nSPS) is 15.0. The molecule has 0 radical (unpaired) electrons. The fraction of sp³-hybridized carbons (Fsp3) is 0.391. The van der Waals surface area contributed by atoms with Crippen LogP contribution in [0.4, 0.5) is 0 Å². The first-order valence-electron chi connectivity index (χ1n) is 9.96. The van der Waals surface area contributed by atoms with E-state index in [0.717, 1.165) is 0 Å². The lowest BCUT2D eigenvalue weighted by molar-refractivity contribution is -0.0511. The summed E-state index contributed by atoms with van der Waals surface area (Å²) in [5.41, 5.74) is -0.112. The fourth-order valence-electron chi connectivity index (χ4n) is 3.42. The van der Waals surface area contributed by atoms with Gasteiger partial charge in [0.25, 0.3) is 0 Å². The smallest absolute Gasteiger partial charge is 0.338 e. The highest BCUT2D eigenvalue weighted by molar-refractivity contribution is 6.14. The van der Waals surface area contributed by atoms with Gasteiger partial charge in [-0.2, -0.15) is 0 Å². The number of nitrogens with zero attached hydrogens (tertiary/aromatic N) is 1. The van der Waals surface area contributed by atoms with E-state index < -0.39 is 11.4 Å². The Morgan fingerprint density at radius 3 is 2.17 bits per heavy atom. The van der Waals surface area contributed by atoms with Crippen LogP contribution in [0.15, 0.2) is 54.6 Å². The molecule has 1 saturated heterocycles. The van der Waals surface area contributed by atoms with Gasteiger partial charge in [-0.15, -0.1) is 0 Å². The number of hydrogen-bond acceptors (Lipinski definition) is 7. The Kier molecular flexibility index (Phi) is 7.70. The molecule has 1 aliphatic heterocycles.